The number of hydrogen-bond acceptors (Lipinski definition) is 4. The van der Waals surface area contributed by atoms with Crippen molar-refractivity contribution in [1.29, 1.82) is 0 Å². The summed E-state index contributed by atoms with van der Waals surface area (Å²) in [5.41, 5.74) is 6.71. The molecule has 0 N–H and O–H groups in total. The molecule has 0 aliphatic carbocycles. The van der Waals surface area contributed by atoms with Crippen LogP contribution >= 0.6 is 12.4 Å². The number of carbonyl (C=O) groups is 1. The minimum absolute atomic E-state index is 0. The molecule has 0 bridgehead atoms. The second-order valence-electron chi connectivity index (χ2n) is 8.02. The Bertz CT molecular complexity index is 865. The minimum atomic E-state index is -0.0731. The molecule has 2 heterocycles. The molecule has 5 heteroatoms. The predicted molar refractivity (Wildman–Crippen MR) is 127 cm³/mol. The van der Waals surface area contributed by atoms with Gasteiger partial charge >= 0.3 is 5.97 Å². The molecule has 1 saturated heterocycles. The number of hydrogen-bond donors (Lipinski definition) is 0. The summed E-state index contributed by atoms with van der Waals surface area (Å²) in [7, 11) is 0. The summed E-state index contributed by atoms with van der Waals surface area (Å²) < 4.78 is 11.2. The first-order chi connectivity index (χ1) is 14.8. The second-order valence-corrected chi connectivity index (χ2v) is 8.02. The maximum atomic E-state index is 11.5. The molecule has 0 saturated carbocycles. The van der Waals surface area contributed by atoms with Gasteiger partial charge in [0.05, 0.1) is 6.61 Å². The number of piperidine rings is 1. The van der Waals surface area contributed by atoms with E-state index in [-0.39, 0.29) is 18.4 Å². The second kappa shape index (κ2) is 11.4. The lowest BCUT2D eigenvalue weighted by Gasteiger charge is -2.30. The van der Waals surface area contributed by atoms with E-state index >= 15 is 0 Å². The van der Waals surface area contributed by atoms with E-state index in [4.69, 9.17) is 9.47 Å². The van der Waals surface area contributed by atoms with Gasteiger partial charge in [-0.05, 0) is 61.9 Å². The van der Waals surface area contributed by atoms with E-state index in [1.54, 1.807) is 0 Å². The van der Waals surface area contributed by atoms with Crippen LogP contribution in [0.4, 0.5) is 0 Å². The average molecular weight is 442 g/mol. The zero-order chi connectivity index (χ0) is 20.8. The van der Waals surface area contributed by atoms with Crippen LogP contribution in [0.25, 0.3) is 5.57 Å². The van der Waals surface area contributed by atoms with Crippen molar-refractivity contribution in [3.8, 4) is 5.75 Å². The molecular weight excluding hydrogens is 410 g/mol. The summed E-state index contributed by atoms with van der Waals surface area (Å²) in [5, 5.41) is 0. The lowest BCUT2D eigenvalue weighted by atomic mass is 9.86. The Balaban J connectivity index is 0.00000272. The van der Waals surface area contributed by atoms with Gasteiger partial charge in [-0.25, -0.2) is 0 Å². The van der Waals surface area contributed by atoms with Gasteiger partial charge in [-0.2, -0.15) is 0 Å². The van der Waals surface area contributed by atoms with E-state index in [0.717, 1.165) is 51.1 Å². The molecule has 0 aromatic heterocycles. The molecule has 2 aliphatic heterocycles. The number of benzene rings is 2. The predicted octanol–water partition coefficient (Wildman–Crippen LogP) is 5.63. The fourth-order valence-corrected chi connectivity index (χ4v) is 4.51. The third-order valence-electron chi connectivity index (χ3n) is 6.05. The molecule has 4 rings (SSSR count). The Morgan fingerprint density at radius 3 is 2.48 bits per heavy atom. The quantitative estimate of drug-likeness (QED) is 0.430. The third-order valence-corrected chi connectivity index (χ3v) is 6.05. The molecule has 0 unspecified atom stereocenters. The Kier molecular flexibility index (Phi) is 8.56. The summed E-state index contributed by atoms with van der Waals surface area (Å²) in [4.78, 5) is 14.0. The van der Waals surface area contributed by atoms with Crippen LogP contribution in [0.15, 0.2) is 54.1 Å². The van der Waals surface area contributed by atoms with E-state index in [1.807, 2.05) is 6.92 Å². The van der Waals surface area contributed by atoms with Crippen LogP contribution in [-0.4, -0.2) is 37.1 Å². The molecule has 166 valence electrons. The van der Waals surface area contributed by atoms with E-state index in [0.29, 0.717) is 19.6 Å². The Hall–Kier alpha value is -2.30. The van der Waals surface area contributed by atoms with Gasteiger partial charge in [0.2, 0.25) is 0 Å². The van der Waals surface area contributed by atoms with Crippen LogP contribution in [0.3, 0.4) is 0 Å². The molecule has 2 aromatic rings. The zero-order valence-corrected chi connectivity index (χ0v) is 19.1. The van der Waals surface area contributed by atoms with Gasteiger partial charge in [0.15, 0.2) is 0 Å². The maximum Gasteiger partial charge on any atom is 0.305 e. The van der Waals surface area contributed by atoms with Crippen molar-refractivity contribution in [2.45, 2.75) is 45.6 Å². The number of halogens is 1. The van der Waals surface area contributed by atoms with E-state index in [1.165, 1.54) is 27.8 Å². The fourth-order valence-electron chi connectivity index (χ4n) is 4.51. The Morgan fingerprint density at radius 1 is 1.00 bits per heavy atom. The number of esters is 1. The van der Waals surface area contributed by atoms with Crippen molar-refractivity contribution in [3.63, 3.8) is 0 Å². The number of unbranched alkanes of at least 4 members (excludes halogenated alkanes) is 1. The highest BCUT2D eigenvalue weighted by Crippen LogP contribution is 2.40. The highest BCUT2D eigenvalue weighted by atomic mass is 35.5. The van der Waals surface area contributed by atoms with E-state index in [9.17, 15) is 4.79 Å². The molecule has 31 heavy (non-hydrogen) atoms. The van der Waals surface area contributed by atoms with Crippen LogP contribution < -0.4 is 4.74 Å². The van der Waals surface area contributed by atoms with Crippen LogP contribution in [-0.2, 0) is 16.1 Å². The van der Waals surface area contributed by atoms with E-state index in [2.05, 4.69) is 53.4 Å². The molecule has 2 aliphatic rings. The van der Waals surface area contributed by atoms with Crippen molar-refractivity contribution in [3.05, 3.63) is 70.8 Å². The van der Waals surface area contributed by atoms with Crippen LogP contribution in [0.5, 0.6) is 5.75 Å². The highest BCUT2D eigenvalue weighted by molar-refractivity contribution is 5.87. The minimum Gasteiger partial charge on any atom is -0.488 e. The van der Waals surface area contributed by atoms with Gasteiger partial charge in [-0.1, -0.05) is 48.0 Å². The standard InChI is InChI=1S/C26H31NO3.ClH/c1-2-29-25(28)13-7-8-16-27-17-14-20(15-18-27)26-22-10-4-3-9-21(22)19-30-24-12-6-5-11-23(24)26;/h3-6,9-12H,2,7-8,13-19H2,1H3;1H. The first kappa shape index (κ1) is 23.4. The topological polar surface area (TPSA) is 38.8 Å². The molecule has 0 spiro atoms. The Labute approximate surface area is 191 Å². The summed E-state index contributed by atoms with van der Waals surface area (Å²) >= 11 is 0. The van der Waals surface area contributed by atoms with Crippen molar-refractivity contribution in [2.24, 2.45) is 0 Å². The lowest BCUT2D eigenvalue weighted by Crippen LogP contribution is -2.32. The maximum absolute atomic E-state index is 11.5. The summed E-state index contributed by atoms with van der Waals surface area (Å²) in [5.74, 6) is 0.911. The van der Waals surface area contributed by atoms with Gasteiger partial charge in [0.1, 0.15) is 12.4 Å². The SMILES string of the molecule is CCOC(=O)CCCCN1CCC(=C2c3ccccc3COc3ccccc32)CC1.Cl. The molecule has 1 fully saturated rings. The zero-order valence-electron chi connectivity index (χ0n) is 18.3. The van der Waals surface area contributed by atoms with Gasteiger partial charge in [-0.3, -0.25) is 4.79 Å². The van der Waals surface area contributed by atoms with E-state index < -0.39 is 0 Å². The van der Waals surface area contributed by atoms with Gasteiger partial charge in [-0.15, -0.1) is 12.4 Å². The molecular formula is C26H32ClNO3. The first-order valence-corrected chi connectivity index (χ1v) is 11.2. The molecule has 2 aromatic carbocycles. The summed E-state index contributed by atoms with van der Waals surface area (Å²) in [6, 6.07) is 17.1. The number of rotatable bonds is 6. The van der Waals surface area contributed by atoms with Crippen molar-refractivity contribution >= 4 is 23.9 Å². The molecule has 0 radical (unpaired) electrons. The Morgan fingerprint density at radius 2 is 1.71 bits per heavy atom. The first-order valence-electron chi connectivity index (χ1n) is 11.2. The molecule has 0 atom stereocenters. The monoisotopic (exact) mass is 441 g/mol. The third kappa shape index (κ3) is 5.69. The number of ether oxygens (including phenoxy) is 2. The number of fused-ring (bicyclic) bond motifs is 2. The normalized spacial score (nSPS) is 15.8. The summed E-state index contributed by atoms with van der Waals surface area (Å²) in [6.45, 7) is 6.15. The van der Waals surface area contributed by atoms with Gasteiger partial charge < -0.3 is 14.4 Å². The van der Waals surface area contributed by atoms with Crippen molar-refractivity contribution < 1.29 is 14.3 Å². The average Bonchev–Trinajstić information content (AvgIpc) is 2.94. The largest absolute Gasteiger partial charge is 0.488 e. The van der Waals surface area contributed by atoms with Crippen molar-refractivity contribution in [1.82, 2.24) is 4.90 Å². The lowest BCUT2D eigenvalue weighted by molar-refractivity contribution is -0.143. The van der Waals surface area contributed by atoms with Crippen LogP contribution in [0.1, 0.15) is 55.7 Å². The van der Waals surface area contributed by atoms with Gasteiger partial charge in [0.25, 0.3) is 0 Å². The fraction of sp³-hybridized carbons (Fsp3) is 0.423. The van der Waals surface area contributed by atoms with Crippen molar-refractivity contribution in [2.75, 3.05) is 26.2 Å². The highest BCUT2D eigenvalue weighted by Gasteiger charge is 2.24. The number of carbonyl (C=O) groups excluding carboxylic acids is 1. The molecule has 4 nitrogen and oxygen atoms in total. The van der Waals surface area contributed by atoms with Gasteiger partial charge in [0, 0.05) is 25.1 Å². The van der Waals surface area contributed by atoms with Crippen LogP contribution in [0, 0.1) is 0 Å². The smallest absolute Gasteiger partial charge is 0.305 e. The number of nitrogens with zero attached hydrogens (tertiary/aromatic N) is 1. The summed E-state index contributed by atoms with van der Waals surface area (Å²) in [6.07, 6.45) is 4.64. The van der Waals surface area contributed by atoms with Crippen LogP contribution in [0.2, 0.25) is 0 Å². The molecule has 0 amide bonds. The number of likely N-dealkylation sites (tertiary alicyclic amines) is 1. The number of para-hydroxylation sites is 1.